The van der Waals surface area contributed by atoms with Crippen LogP contribution in [-0.4, -0.2) is 66.9 Å². The number of carboxylic acids is 1. The Balaban J connectivity index is 1.43. The maximum atomic E-state index is 13.4. The number of carbonyl (C=O) groups excluding carboxylic acids is 2. The number of likely N-dealkylation sites (tertiary alicyclic amines) is 1. The second kappa shape index (κ2) is 10.5. The van der Waals surface area contributed by atoms with Crippen molar-refractivity contribution in [3.8, 4) is 11.1 Å². The van der Waals surface area contributed by atoms with Crippen molar-refractivity contribution >= 4 is 18.0 Å². The van der Waals surface area contributed by atoms with Gasteiger partial charge in [0.25, 0.3) is 5.91 Å². The number of nitrogens with zero attached hydrogens (tertiary/aromatic N) is 1. The third-order valence-electron chi connectivity index (χ3n) is 6.90. The Morgan fingerprint density at radius 2 is 1.71 bits per heavy atom. The molecule has 1 aliphatic carbocycles. The normalized spacial score (nSPS) is 18.8. The van der Waals surface area contributed by atoms with Gasteiger partial charge < -0.3 is 24.8 Å². The monoisotopic (exact) mass is 480 g/mol. The Morgan fingerprint density at radius 1 is 1.09 bits per heavy atom. The highest BCUT2D eigenvalue weighted by Gasteiger charge is 2.41. The number of methoxy groups -OCH3 is 1. The van der Waals surface area contributed by atoms with Crippen molar-refractivity contribution in [2.24, 2.45) is 5.92 Å². The number of carboxylic acid groups (broad SMARTS) is 1. The smallest absolute Gasteiger partial charge is 0.408 e. The van der Waals surface area contributed by atoms with E-state index in [1.807, 2.05) is 36.4 Å². The summed E-state index contributed by atoms with van der Waals surface area (Å²) in [6, 6.07) is 16.2. The van der Waals surface area contributed by atoms with E-state index in [1.165, 1.54) is 7.11 Å². The number of amides is 2. The number of fused-ring (bicyclic) bond motifs is 3. The maximum absolute atomic E-state index is 13.4. The Kier molecular flexibility index (Phi) is 7.40. The molecule has 0 spiro atoms. The van der Waals surface area contributed by atoms with E-state index in [9.17, 15) is 14.4 Å². The van der Waals surface area contributed by atoms with Crippen LogP contribution in [0.25, 0.3) is 11.1 Å². The summed E-state index contributed by atoms with van der Waals surface area (Å²) >= 11 is 0. The molecule has 2 N–H and O–H groups in total. The Morgan fingerprint density at radius 3 is 2.31 bits per heavy atom. The van der Waals surface area contributed by atoms with E-state index in [4.69, 9.17) is 14.6 Å². The fourth-order valence-corrected chi connectivity index (χ4v) is 5.31. The second-order valence-corrected chi connectivity index (χ2v) is 9.57. The average Bonchev–Trinajstić information content (AvgIpc) is 3.16. The van der Waals surface area contributed by atoms with Crippen molar-refractivity contribution in [2.75, 3.05) is 33.4 Å². The average molecular weight is 481 g/mol. The van der Waals surface area contributed by atoms with Crippen molar-refractivity contribution in [1.29, 1.82) is 0 Å². The highest BCUT2D eigenvalue weighted by Crippen LogP contribution is 2.44. The van der Waals surface area contributed by atoms with Gasteiger partial charge in [-0.3, -0.25) is 9.59 Å². The number of rotatable bonds is 8. The lowest BCUT2D eigenvalue weighted by Gasteiger charge is -2.38. The second-order valence-electron chi connectivity index (χ2n) is 9.57. The molecule has 35 heavy (non-hydrogen) atoms. The van der Waals surface area contributed by atoms with E-state index in [1.54, 1.807) is 11.8 Å². The van der Waals surface area contributed by atoms with Gasteiger partial charge in [-0.05, 0) is 47.9 Å². The third kappa shape index (κ3) is 5.32. The number of nitrogens with one attached hydrogen (secondary N) is 1. The Labute approximate surface area is 205 Å². The van der Waals surface area contributed by atoms with Crippen molar-refractivity contribution in [1.82, 2.24) is 10.2 Å². The van der Waals surface area contributed by atoms with Gasteiger partial charge in [0.1, 0.15) is 12.1 Å². The van der Waals surface area contributed by atoms with E-state index >= 15 is 0 Å². The van der Waals surface area contributed by atoms with Gasteiger partial charge in [-0.2, -0.15) is 0 Å². The molecule has 1 fully saturated rings. The number of alkyl carbamates (subject to hydrolysis) is 1. The molecule has 186 valence electrons. The minimum atomic E-state index is -1.33. The fourth-order valence-electron chi connectivity index (χ4n) is 5.31. The molecule has 8 nitrogen and oxygen atoms in total. The van der Waals surface area contributed by atoms with Crippen molar-refractivity contribution in [3.63, 3.8) is 0 Å². The van der Waals surface area contributed by atoms with Crippen LogP contribution in [0.3, 0.4) is 0 Å². The highest BCUT2D eigenvalue weighted by molar-refractivity contribution is 5.90. The number of piperidine rings is 1. The first kappa shape index (κ1) is 24.7. The summed E-state index contributed by atoms with van der Waals surface area (Å²) in [6.07, 6.45) is 0.804. The van der Waals surface area contributed by atoms with Gasteiger partial charge >= 0.3 is 12.1 Å². The lowest BCUT2D eigenvalue weighted by atomic mass is 9.92. The van der Waals surface area contributed by atoms with E-state index in [-0.39, 0.29) is 37.4 Å². The summed E-state index contributed by atoms with van der Waals surface area (Å²) in [5.74, 6) is -1.37. The van der Waals surface area contributed by atoms with Gasteiger partial charge in [-0.1, -0.05) is 48.5 Å². The van der Waals surface area contributed by atoms with Crippen LogP contribution in [0.5, 0.6) is 0 Å². The highest BCUT2D eigenvalue weighted by atomic mass is 16.5. The van der Waals surface area contributed by atoms with E-state index < -0.39 is 17.6 Å². The predicted molar refractivity (Wildman–Crippen MR) is 130 cm³/mol. The number of hydrogen-bond donors (Lipinski definition) is 2. The molecule has 0 saturated carbocycles. The predicted octanol–water partition coefficient (Wildman–Crippen LogP) is 3.64. The molecule has 1 aliphatic heterocycles. The van der Waals surface area contributed by atoms with E-state index in [0.29, 0.717) is 13.1 Å². The summed E-state index contributed by atoms with van der Waals surface area (Å²) in [5.41, 5.74) is 3.16. The summed E-state index contributed by atoms with van der Waals surface area (Å²) < 4.78 is 10.9. The first-order valence-electron chi connectivity index (χ1n) is 12.0. The van der Waals surface area contributed by atoms with Gasteiger partial charge in [-0.25, -0.2) is 4.79 Å². The van der Waals surface area contributed by atoms with Gasteiger partial charge in [0.05, 0.1) is 6.61 Å². The molecule has 4 rings (SSSR count). The zero-order valence-corrected chi connectivity index (χ0v) is 20.2. The number of benzene rings is 2. The van der Waals surface area contributed by atoms with Gasteiger partial charge in [0, 0.05) is 32.5 Å². The van der Waals surface area contributed by atoms with Crippen LogP contribution in [0.1, 0.15) is 43.2 Å². The lowest BCUT2D eigenvalue weighted by molar-refractivity contribution is -0.144. The fraction of sp³-hybridized carbons (Fsp3) is 0.444. The Hall–Kier alpha value is -3.39. The lowest BCUT2D eigenvalue weighted by Crippen LogP contribution is -2.61. The summed E-state index contributed by atoms with van der Waals surface area (Å²) in [6.45, 7) is 2.58. The van der Waals surface area contributed by atoms with Crippen molar-refractivity contribution < 1.29 is 29.0 Å². The van der Waals surface area contributed by atoms with Crippen LogP contribution >= 0.6 is 0 Å². The largest absolute Gasteiger partial charge is 0.481 e. The molecule has 0 aromatic heterocycles. The van der Waals surface area contributed by atoms with Gasteiger partial charge in [-0.15, -0.1) is 0 Å². The van der Waals surface area contributed by atoms with Crippen LogP contribution in [0, 0.1) is 5.92 Å². The van der Waals surface area contributed by atoms with Crippen LogP contribution in [-0.2, 0) is 19.1 Å². The zero-order valence-electron chi connectivity index (χ0n) is 20.2. The molecular formula is C27H32N2O6. The molecule has 2 unspecified atom stereocenters. The Bertz CT molecular complexity index is 1060. The molecule has 1 saturated heterocycles. The molecule has 2 aliphatic rings. The topological polar surface area (TPSA) is 105 Å². The number of aliphatic carboxylic acids is 1. The third-order valence-corrected chi connectivity index (χ3v) is 6.90. The molecule has 1 heterocycles. The maximum Gasteiger partial charge on any atom is 0.408 e. The molecule has 2 atom stereocenters. The number of carbonyl (C=O) groups is 3. The quantitative estimate of drug-likeness (QED) is 0.598. The van der Waals surface area contributed by atoms with Crippen LogP contribution in [0.15, 0.2) is 48.5 Å². The molecule has 8 heteroatoms. The minimum absolute atomic E-state index is 0.0184. The summed E-state index contributed by atoms with van der Waals surface area (Å²) in [4.78, 5) is 39.0. The van der Waals surface area contributed by atoms with Crippen LogP contribution in [0.4, 0.5) is 4.79 Å². The molecule has 0 bridgehead atoms. The first-order chi connectivity index (χ1) is 16.8. The summed E-state index contributed by atoms with van der Waals surface area (Å²) in [7, 11) is 1.47. The summed E-state index contributed by atoms with van der Waals surface area (Å²) in [5, 5.41) is 11.9. The first-order valence-corrected chi connectivity index (χ1v) is 12.0. The van der Waals surface area contributed by atoms with E-state index in [2.05, 4.69) is 17.4 Å². The van der Waals surface area contributed by atoms with Crippen molar-refractivity contribution in [2.45, 2.75) is 37.6 Å². The van der Waals surface area contributed by atoms with Crippen LogP contribution in [0.2, 0.25) is 0 Å². The molecule has 0 radical (unpaired) electrons. The van der Waals surface area contributed by atoms with Gasteiger partial charge in [0.2, 0.25) is 0 Å². The van der Waals surface area contributed by atoms with E-state index in [0.717, 1.165) is 35.1 Å². The number of hydrogen-bond acceptors (Lipinski definition) is 5. The van der Waals surface area contributed by atoms with Crippen molar-refractivity contribution in [3.05, 3.63) is 59.7 Å². The molecule has 2 aromatic carbocycles. The minimum Gasteiger partial charge on any atom is -0.481 e. The molecule has 2 aromatic rings. The SMILES string of the molecule is COCC(C)(NC(=O)OCC1c2ccccc2-c2ccccc21)C(=O)N1CCCC(CC(=O)O)C1. The van der Waals surface area contributed by atoms with Gasteiger partial charge in [0.15, 0.2) is 0 Å². The zero-order chi connectivity index (χ0) is 25.0. The molecule has 2 amide bonds. The number of ether oxygens (including phenoxy) is 2. The standard InChI is InChI=1S/C27H32N2O6/c1-27(17-34-2,25(32)29-13-7-8-18(15-29)14-24(30)31)28-26(33)35-16-23-21-11-5-3-9-19(21)20-10-4-6-12-22(20)23/h3-6,9-12,18,23H,7-8,13-17H2,1-2H3,(H,28,33)(H,30,31). The molecular weight excluding hydrogens is 448 g/mol. The van der Waals surface area contributed by atoms with Crippen LogP contribution < -0.4 is 5.32 Å².